The standard InChI is InChI=1S/C26H17FN2O4/c1-31-16-6-4-5-14(11-16)15-9-10-17(20(27)12-15)22-19(13-28)25(29)33-24-18-7-2-3-8-21(18)32-26(30)23(22)24/h2-12,22H,29H2,1H3. The number of hydrogen-bond acceptors (Lipinski definition) is 6. The van der Waals surface area contributed by atoms with Gasteiger partial charge in [0.1, 0.15) is 28.8 Å². The number of rotatable bonds is 3. The van der Waals surface area contributed by atoms with Gasteiger partial charge < -0.3 is 19.6 Å². The largest absolute Gasteiger partial charge is 0.497 e. The molecular weight excluding hydrogens is 423 g/mol. The van der Waals surface area contributed by atoms with E-state index >= 15 is 4.39 Å². The van der Waals surface area contributed by atoms with Crippen LogP contribution in [0, 0.1) is 17.1 Å². The summed E-state index contributed by atoms with van der Waals surface area (Å²) in [6.07, 6.45) is 0. The maximum absolute atomic E-state index is 15.5. The molecule has 0 aliphatic carbocycles. The molecule has 0 bridgehead atoms. The number of para-hydroxylation sites is 1. The summed E-state index contributed by atoms with van der Waals surface area (Å²) in [5.41, 5.74) is 7.10. The molecule has 2 N–H and O–H groups in total. The van der Waals surface area contributed by atoms with E-state index in [0.29, 0.717) is 22.3 Å². The minimum atomic E-state index is -1.07. The van der Waals surface area contributed by atoms with E-state index in [2.05, 4.69) is 0 Å². The Morgan fingerprint density at radius 3 is 2.61 bits per heavy atom. The van der Waals surface area contributed by atoms with Crippen molar-refractivity contribution in [3.05, 3.63) is 106 Å². The monoisotopic (exact) mass is 440 g/mol. The van der Waals surface area contributed by atoms with Gasteiger partial charge in [0.25, 0.3) is 0 Å². The van der Waals surface area contributed by atoms with Gasteiger partial charge in [0.15, 0.2) is 5.75 Å². The lowest BCUT2D eigenvalue weighted by Gasteiger charge is -2.26. The summed E-state index contributed by atoms with van der Waals surface area (Å²) in [5, 5.41) is 10.3. The van der Waals surface area contributed by atoms with E-state index in [-0.39, 0.29) is 28.3 Å². The molecule has 0 amide bonds. The number of nitriles is 1. The van der Waals surface area contributed by atoms with Crippen molar-refractivity contribution < 1.29 is 18.3 Å². The third kappa shape index (κ3) is 3.29. The second-order valence-electron chi connectivity index (χ2n) is 7.52. The molecule has 5 rings (SSSR count). The first kappa shape index (κ1) is 20.3. The third-order valence-electron chi connectivity index (χ3n) is 5.69. The zero-order valence-electron chi connectivity index (χ0n) is 17.5. The number of allylic oxidation sites excluding steroid dienone is 1. The maximum Gasteiger partial charge on any atom is 0.344 e. The van der Waals surface area contributed by atoms with Crippen LogP contribution in [0.4, 0.5) is 4.39 Å². The van der Waals surface area contributed by atoms with Gasteiger partial charge in [-0.1, -0.05) is 36.4 Å². The number of hydrogen-bond donors (Lipinski definition) is 1. The van der Waals surface area contributed by atoms with Crippen LogP contribution in [-0.2, 0) is 0 Å². The molecule has 0 fully saturated rings. The Bertz CT molecular complexity index is 1550. The van der Waals surface area contributed by atoms with Gasteiger partial charge in [-0.15, -0.1) is 0 Å². The summed E-state index contributed by atoms with van der Waals surface area (Å²) in [4.78, 5) is 12.9. The zero-order valence-corrected chi connectivity index (χ0v) is 17.5. The molecule has 2 heterocycles. The predicted molar refractivity (Wildman–Crippen MR) is 120 cm³/mol. The lowest BCUT2D eigenvalue weighted by Crippen LogP contribution is -2.26. The fourth-order valence-electron chi connectivity index (χ4n) is 4.12. The Balaban J connectivity index is 1.71. The lowest BCUT2D eigenvalue weighted by atomic mass is 9.83. The third-order valence-corrected chi connectivity index (χ3v) is 5.69. The first-order chi connectivity index (χ1) is 16.0. The summed E-state index contributed by atoms with van der Waals surface area (Å²) >= 11 is 0. The number of fused-ring (bicyclic) bond motifs is 3. The van der Waals surface area contributed by atoms with E-state index in [1.54, 1.807) is 55.6 Å². The molecule has 1 aliphatic rings. The summed E-state index contributed by atoms with van der Waals surface area (Å²) < 4.78 is 31.9. The Labute approximate surface area is 187 Å². The van der Waals surface area contributed by atoms with E-state index in [9.17, 15) is 10.1 Å². The van der Waals surface area contributed by atoms with Gasteiger partial charge in [-0.3, -0.25) is 0 Å². The molecule has 0 spiro atoms. The molecule has 0 radical (unpaired) electrons. The van der Waals surface area contributed by atoms with Crippen molar-refractivity contribution in [3.63, 3.8) is 0 Å². The predicted octanol–water partition coefficient (Wildman–Crippen LogP) is 4.83. The van der Waals surface area contributed by atoms with Crippen molar-refractivity contribution >= 4 is 11.0 Å². The minimum absolute atomic E-state index is 0.0347. The van der Waals surface area contributed by atoms with Crippen LogP contribution >= 0.6 is 0 Å². The van der Waals surface area contributed by atoms with Gasteiger partial charge in [-0.05, 0) is 41.5 Å². The van der Waals surface area contributed by atoms with Crippen LogP contribution in [0.5, 0.6) is 11.5 Å². The lowest BCUT2D eigenvalue weighted by molar-refractivity contribution is 0.387. The molecule has 3 aromatic carbocycles. The second-order valence-corrected chi connectivity index (χ2v) is 7.52. The molecule has 1 aromatic heterocycles. The summed E-state index contributed by atoms with van der Waals surface area (Å²) in [7, 11) is 1.56. The SMILES string of the molecule is COc1cccc(-c2ccc(C3C(C#N)=C(N)Oc4c3c(=O)oc3ccccc43)c(F)c2)c1. The molecule has 0 saturated heterocycles. The maximum atomic E-state index is 15.5. The smallest absolute Gasteiger partial charge is 0.344 e. The van der Waals surface area contributed by atoms with Crippen molar-refractivity contribution in [3.8, 4) is 28.7 Å². The number of nitrogens with two attached hydrogens (primary N) is 1. The fraction of sp³-hybridized carbons (Fsp3) is 0.0769. The molecule has 1 aliphatic heterocycles. The highest BCUT2D eigenvalue weighted by Gasteiger charge is 2.36. The number of halogens is 1. The number of benzene rings is 3. The molecular formula is C26H17FN2O4. The van der Waals surface area contributed by atoms with Gasteiger partial charge in [0, 0.05) is 5.56 Å². The van der Waals surface area contributed by atoms with Crippen LogP contribution < -0.4 is 20.8 Å². The Morgan fingerprint density at radius 1 is 1.06 bits per heavy atom. The highest BCUT2D eigenvalue weighted by Crippen LogP contribution is 2.44. The number of ether oxygens (including phenoxy) is 2. The van der Waals surface area contributed by atoms with E-state index in [4.69, 9.17) is 19.6 Å². The molecule has 1 atom stereocenters. The van der Waals surface area contributed by atoms with Gasteiger partial charge in [0.05, 0.1) is 24.0 Å². The van der Waals surface area contributed by atoms with Crippen LogP contribution in [0.15, 0.2) is 87.4 Å². The molecule has 6 nitrogen and oxygen atoms in total. The minimum Gasteiger partial charge on any atom is -0.497 e. The van der Waals surface area contributed by atoms with E-state index in [0.717, 1.165) is 5.56 Å². The van der Waals surface area contributed by atoms with E-state index in [1.165, 1.54) is 6.07 Å². The quantitative estimate of drug-likeness (QED) is 0.459. The first-order valence-corrected chi connectivity index (χ1v) is 10.1. The Kier molecular flexibility index (Phi) is 4.83. The molecule has 33 heavy (non-hydrogen) atoms. The van der Waals surface area contributed by atoms with Crippen molar-refractivity contribution in [1.82, 2.24) is 0 Å². The van der Waals surface area contributed by atoms with Gasteiger partial charge in [-0.25, -0.2) is 9.18 Å². The topological polar surface area (TPSA) is 98.5 Å². The number of methoxy groups -OCH3 is 1. The molecule has 4 aromatic rings. The summed E-state index contributed by atoms with van der Waals surface area (Å²) in [5.74, 6) is -1.04. The average molecular weight is 440 g/mol. The van der Waals surface area contributed by atoms with Crippen LogP contribution in [0.1, 0.15) is 17.0 Å². The molecule has 0 saturated carbocycles. The van der Waals surface area contributed by atoms with Gasteiger partial charge >= 0.3 is 5.63 Å². The molecule has 7 heteroatoms. The fourth-order valence-corrected chi connectivity index (χ4v) is 4.12. The summed E-state index contributed by atoms with van der Waals surface area (Å²) in [6, 6.07) is 20.6. The normalized spacial score (nSPS) is 15.0. The van der Waals surface area contributed by atoms with Crippen molar-refractivity contribution in [2.45, 2.75) is 5.92 Å². The molecule has 162 valence electrons. The van der Waals surface area contributed by atoms with Crippen molar-refractivity contribution in [2.75, 3.05) is 7.11 Å². The van der Waals surface area contributed by atoms with Gasteiger partial charge in [0.2, 0.25) is 5.88 Å². The Morgan fingerprint density at radius 2 is 1.85 bits per heavy atom. The van der Waals surface area contributed by atoms with Crippen molar-refractivity contribution in [1.29, 1.82) is 5.26 Å². The van der Waals surface area contributed by atoms with Crippen LogP contribution in [0.3, 0.4) is 0 Å². The van der Waals surface area contributed by atoms with Crippen LogP contribution in [-0.4, -0.2) is 7.11 Å². The second kappa shape index (κ2) is 7.84. The van der Waals surface area contributed by atoms with E-state index in [1.807, 2.05) is 18.2 Å². The summed E-state index contributed by atoms with van der Waals surface area (Å²) in [6.45, 7) is 0. The van der Waals surface area contributed by atoms with Crippen molar-refractivity contribution in [2.24, 2.45) is 5.73 Å². The molecule has 1 unspecified atom stereocenters. The zero-order chi connectivity index (χ0) is 23.1. The van der Waals surface area contributed by atoms with E-state index < -0.39 is 17.4 Å². The first-order valence-electron chi connectivity index (χ1n) is 10.1. The Hall–Kier alpha value is -4.57. The average Bonchev–Trinajstić information content (AvgIpc) is 2.83. The highest BCUT2D eigenvalue weighted by atomic mass is 19.1. The number of nitrogens with zero attached hydrogens (tertiary/aromatic N) is 1. The van der Waals surface area contributed by atoms with Crippen LogP contribution in [0.25, 0.3) is 22.1 Å². The highest BCUT2D eigenvalue weighted by molar-refractivity contribution is 5.86. The van der Waals surface area contributed by atoms with Gasteiger partial charge in [-0.2, -0.15) is 5.26 Å². The van der Waals surface area contributed by atoms with Crippen LogP contribution in [0.2, 0.25) is 0 Å².